The van der Waals surface area contributed by atoms with Gasteiger partial charge in [-0.05, 0) is 29.7 Å². The summed E-state index contributed by atoms with van der Waals surface area (Å²) >= 11 is 12.8. The molecule has 0 aromatic heterocycles. The van der Waals surface area contributed by atoms with Crippen LogP contribution in [0.4, 0.5) is 5.69 Å². The van der Waals surface area contributed by atoms with Crippen LogP contribution in [0.5, 0.6) is 0 Å². The van der Waals surface area contributed by atoms with Gasteiger partial charge < -0.3 is 20.1 Å². The molecule has 1 heterocycles. The number of carbonyl (C=O) groups excluding carboxylic acids is 1. The number of anilines is 1. The Balaban J connectivity index is 0.00000363. The van der Waals surface area contributed by atoms with Crippen molar-refractivity contribution in [2.24, 2.45) is 5.41 Å². The van der Waals surface area contributed by atoms with Crippen LogP contribution in [0.1, 0.15) is 38.0 Å². The summed E-state index contributed by atoms with van der Waals surface area (Å²) in [5.41, 5.74) is 1.96. The first-order chi connectivity index (χ1) is 14.6. The minimum absolute atomic E-state index is 0. The van der Waals surface area contributed by atoms with Crippen molar-refractivity contribution in [2.45, 2.75) is 33.0 Å². The topological polar surface area (TPSA) is 78.9 Å². The van der Waals surface area contributed by atoms with E-state index in [2.05, 4.69) is 5.32 Å². The molecule has 2 aromatic carbocycles. The van der Waals surface area contributed by atoms with E-state index in [1.54, 1.807) is 23.1 Å². The molecule has 32 heavy (non-hydrogen) atoms. The van der Waals surface area contributed by atoms with E-state index in [1.807, 2.05) is 45.0 Å². The average Bonchev–Trinajstić information content (AvgIpc) is 2.77. The molecule has 2 atom stereocenters. The van der Waals surface area contributed by atoms with Gasteiger partial charge in [-0.2, -0.15) is 0 Å². The first kappa shape index (κ1) is 26.4. The number of nitrogens with one attached hydrogen (secondary N) is 1. The molecule has 1 amide bonds. The number of carbonyl (C=O) groups is 2. The fraction of sp³-hybridized carbons (Fsp3) is 0.391. The van der Waals surface area contributed by atoms with Gasteiger partial charge in [0, 0.05) is 39.9 Å². The van der Waals surface area contributed by atoms with E-state index < -0.39 is 18.2 Å². The van der Waals surface area contributed by atoms with E-state index in [9.17, 15) is 9.59 Å². The van der Waals surface area contributed by atoms with Crippen LogP contribution in [0.15, 0.2) is 42.5 Å². The normalized spacial score (nSPS) is 18.5. The molecule has 2 unspecified atom stereocenters. The highest BCUT2D eigenvalue weighted by Crippen LogP contribution is 2.42. The zero-order valence-corrected chi connectivity index (χ0v) is 20.4. The number of halogens is 3. The molecule has 2 N–H and O–H groups in total. The summed E-state index contributed by atoms with van der Waals surface area (Å²) < 4.78 is 6.31. The predicted molar refractivity (Wildman–Crippen MR) is 129 cm³/mol. The number of amides is 1. The minimum Gasteiger partial charge on any atom is -0.480 e. The van der Waals surface area contributed by atoms with Crippen molar-refractivity contribution in [3.05, 3.63) is 63.6 Å². The highest BCUT2D eigenvalue weighted by atomic mass is 35.5. The molecule has 0 saturated heterocycles. The number of carboxylic acid groups (broad SMARTS) is 1. The Morgan fingerprint density at radius 3 is 2.47 bits per heavy atom. The first-order valence-electron chi connectivity index (χ1n) is 10.00. The second kappa shape index (κ2) is 10.9. The number of hydrogen-bond acceptors (Lipinski definition) is 4. The molecule has 0 bridgehead atoms. The highest BCUT2D eigenvalue weighted by Gasteiger charge is 2.38. The predicted octanol–water partition coefficient (Wildman–Crippen LogP) is 4.96. The molecule has 0 fully saturated rings. The van der Waals surface area contributed by atoms with Crippen LogP contribution in [-0.4, -0.2) is 42.7 Å². The van der Waals surface area contributed by atoms with Crippen molar-refractivity contribution < 1.29 is 19.4 Å². The van der Waals surface area contributed by atoms with E-state index >= 15 is 0 Å². The van der Waals surface area contributed by atoms with Crippen molar-refractivity contribution >= 4 is 53.2 Å². The molecule has 0 aliphatic carbocycles. The Kier molecular flexibility index (Phi) is 8.97. The van der Waals surface area contributed by atoms with E-state index in [4.69, 9.17) is 33.0 Å². The SMILES string of the molecule is CC(C)(C)CN1C(=O)C(CNCC(=O)O)OC(c2ccccc2Cl)c2cc(Cl)ccc21.Cl. The Bertz CT molecular complexity index is 978. The Morgan fingerprint density at radius 2 is 1.84 bits per heavy atom. The second-order valence-electron chi connectivity index (χ2n) is 8.74. The molecular formula is C23H27Cl3N2O4. The van der Waals surface area contributed by atoms with Crippen LogP contribution < -0.4 is 10.2 Å². The van der Waals surface area contributed by atoms with Crippen LogP contribution in [0, 0.1) is 5.41 Å². The van der Waals surface area contributed by atoms with Crippen LogP contribution in [0.2, 0.25) is 10.0 Å². The third-order valence-electron chi connectivity index (χ3n) is 4.83. The van der Waals surface area contributed by atoms with Gasteiger partial charge in [0.2, 0.25) is 0 Å². The average molecular weight is 502 g/mol. The molecule has 0 saturated carbocycles. The van der Waals surface area contributed by atoms with E-state index in [1.165, 1.54) is 0 Å². The zero-order chi connectivity index (χ0) is 22.8. The van der Waals surface area contributed by atoms with Gasteiger partial charge in [0.25, 0.3) is 5.91 Å². The fourth-order valence-electron chi connectivity index (χ4n) is 3.58. The molecule has 9 heteroatoms. The number of rotatable bonds is 6. The third-order valence-corrected chi connectivity index (χ3v) is 5.41. The lowest BCUT2D eigenvalue weighted by Gasteiger charge is -2.31. The fourth-order valence-corrected chi connectivity index (χ4v) is 4.00. The molecular weight excluding hydrogens is 475 g/mol. The van der Waals surface area contributed by atoms with Crippen molar-refractivity contribution in [3.8, 4) is 0 Å². The number of aliphatic carboxylic acids is 1. The van der Waals surface area contributed by atoms with Crippen LogP contribution in [0.25, 0.3) is 0 Å². The lowest BCUT2D eigenvalue weighted by atomic mass is 9.94. The molecule has 2 aromatic rings. The van der Waals surface area contributed by atoms with Gasteiger partial charge >= 0.3 is 5.97 Å². The molecule has 6 nitrogen and oxygen atoms in total. The number of nitrogens with zero attached hydrogens (tertiary/aromatic N) is 1. The summed E-state index contributed by atoms with van der Waals surface area (Å²) in [6, 6.07) is 12.7. The summed E-state index contributed by atoms with van der Waals surface area (Å²) in [6.45, 7) is 6.37. The van der Waals surface area contributed by atoms with Gasteiger partial charge in [-0.15, -0.1) is 12.4 Å². The van der Waals surface area contributed by atoms with Crippen LogP contribution in [-0.2, 0) is 14.3 Å². The van der Waals surface area contributed by atoms with Gasteiger partial charge in [0.15, 0.2) is 0 Å². The Labute approximate surface area is 204 Å². The zero-order valence-electron chi connectivity index (χ0n) is 18.1. The van der Waals surface area contributed by atoms with Crippen LogP contribution in [0.3, 0.4) is 0 Å². The number of ether oxygens (including phenoxy) is 1. The third kappa shape index (κ3) is 6.36. The monoisotopic (exact) mass is 500 g/mol. The summed E-state index contributed by atoms with van der Waals surface area (Å²) in [6.07, 6.45) is -1.55. The lowest BCUT2D eigenvalue weighted by Crippen LogP contribution is -2.47. The van der Waals surface area contributed by atoms with Crippen molar-refractivity contribution in [3.63, 3.8) is 0 Å². The maximum atomic E-state index is 13.6. The van der Waals surface area contributed by atoms with Gasteiger partial charge in [0.05, 0.1) is 6.54 Å². The van der Waals surface area contributed by atoms with Gasteiger partial charge in [-0.25, -0.2) is 0 Å². The summed E-state index contributed by atoms with van der Waals surface area (Å²) in [7, 11) is 0. The quantitative estimate of drug-likeness (QED) is 0.585. The van der Waals surface area contributed by atoms with Gasteiger partial charge in [0.1, 0.15) is 12.2 Å². The standard InChI is InChI=1S/C23H26Cl2N2O4.ClH/c1-23(2,3)13-27-18-9-8-14(24)10-16(18)21(15-6-4-5-7-17(15)25)31-19(22(27)30)11-26-12-20(28)29;/h4-10,19,21,26H,11-13H2,1-3H3,(H,28,29);1H. The summed E-state index contributed by atoms with van der Waals surface area (Å²) in [5.74, 6) is -1.25. The maximum absolute atomic E-state index is 13.6. The number of benzene rings is 2. The second-order valence-corrected chi connectivity index (χ2v) is 9.58. The number of carboxylic acids is 1. The smallest absolute Gasteiger partial charge is 0.317 e. The van der Waals surface area contributed by atoms with Gasteiger partial charge in [-0.1, -0.05) is 62.2 Å². The molecule has 174 valence electrons. The molecule has 1 aliphatic heterocycles. The summed E-state index contributed by atoms with van der Waals surface area (Å²) in [5, 5.41) is 12.8. The minimum atomic E-state index is -1.01. The number of hydrogen-bond donors (Lipinski definition) is 2. The van der Waals surface area contributed by atoms with E-state index in [0.717, 1.165) is 5.56 Å². The Hall–Kier alpha value is -1.83. The van der Waals surface area contributed by atoms with E-state index in [-0.39, 0.29) is 36.8 Å². The van der Waals surface area contributed by atoms with Gasteiger partial charge in [-0.3, -0.25) is 9.59 Å². The molecule has 0 radical (unpaired) electrons. The van der Waals surface area contributed by atoms with Crippen molar-refractivity contribution in [1.29, 1.82) is 0 Å². The lowest BCUT2D eigenvalue weighted by molar-refractivity contribution is -0.137. The largest absolute Gasteiger partial charge is 0.480 e. The van der Waals surface area contributed by atoms with E-state index in [0.29, 0.717) is 27.8 Å². The number of fused-ring (bicyclic) bond motifs is 1. The summed E-state index contributed by atoms with van der Waals surface area (Å²) in [4.78, 5) is 26.2. The van der Waals surface area contributed by atoms with Crippen LogP contribution >= 0.6 is 35.6 Å². The molecule has 3 rings (SSSR count). The molecule has 1 aliphatic rings. The van der Waals surface area contributed by atoms with Crippen molar-refractivity contribution in [1.82, 2.24) is 5.32 Å². The van der Waals surface area contributed by atoms with Crippen molar-refractivity contribution in [2.75, 3.05) is 24.5 Å². The Morgan fingerprint density at radius 1 is 1.16 bits per heavy atom. The molecule has 0 spiro atoms. The highest BCUT2D eigenvalue weighted by molar-refractivity contribution is 6.31. The first-order valence-corrected chi connectivity index (χ1v) is 10.8. The maximum Gasteiger partial charge on any atom is 0.317 e.